The Morgan fingerprint density at radius 1 is 0.875 bits per heavy atom. The highest BCUT2D eigenvalue weighted by atomic mass is 19.1. The van der Waals surface area contributed by atoms with Crippen LogP contribution in [0.25, 0.3) is 22.3 Å². The van der Waals surface area contributed by atoms with E-state index in [-0.39, 0.29) is 11.6 Å². The van der Waals surface area contributed by atoms with Gasteiger partial charge in [0.2, 0.25) is 0 Å². The van der Waals surface area contributed by atoms with Crippen molar-refractivity contribution in [3.63, 3.8) is 0 Å². The number of halogens is 2. The topological polar surface area (TPSA) is 50.8 Å². The Kier molecular flexibility index (Phi) is 3.42. The van der Waals surface area contributed by atoms with Crippen molar-refractivity contribution >= 4 is 11.0 Å². The van der Waals surface area contributed by atoms with Crippen molar-refractivity contribution in [2.75, 3.05) is 0 Å². The van der Waals surface area contributed by atoms with Crippen LogP contribution in [0.4, 0.5) is 8.78 Å². The normalized spacial score (nSPS) is 10.9. The number of hydrogen-bond donors (Lipinski definition) is 1. The van der Waals surface area contributed by atoms with E-state index in [1.54, 1.807) is 36.4 Å². The van der Waals surface area contributed by atoms with E-state index in [4.69, 9.17) is 4.74 Å². The van der Waals surface area contributed by atoms with Gasteiger partial charge in [-0.25, -0.2) is 13.8 Å². The number of benzene rings is 2. The first-order chi connectivity index (χ1) is 11.7. The summed E-state index contributed by atoms with van der Waals surface area (Å²) in [5, 5.41) is 7.62. The lowest BCUT2D eigenvalue weighted by molar-refractivity contribution is 0.446. The molecule has 0 saturated carbocycles. The van der Waals surface area contributed by atoms with Crippen LogP contribution in [0, 0.1) is 11.6 Å². The molecule has 0 atom stereocenters. The monoisotopic (exact) mass is 323 g/mol. The third-order valence-electron chi connectivity index (χ3n) is 3.61. The van der Waals surface area contributed by atoms with Crippen LogP contribution in [0.2, 0.25) is 0 Å². The third-order valence-corrected chi connectivity index (χ3v) is 3.61. The van der Waals surface area contributed by atoms with E-state index >= 15 is 0 Å². The van der Waals surface area contributed by atoms with Crippen LogP contribution >= 0.6 is 0 Å². The molecule has 0 spiro atoms. The molecule has 0 aliphatic carbocycles. The zero-order chi connectivity index (χ0) is 16.5. The molecule has 1 N–H and O–H groups in total. The minimum absolute atomic E-state index is 0.108. The van der Waals surface area contributed by atoms with Gasteiger partial charge in [0.1, 0.15) is 11.6 Å². The number of nitrogens with one attached hydrogen (secondary N) is 1. The second-order valence-electron chi connectivity index (χ2n) is 5.15. The molecule has 4 nitrogen and oxygen atoms in total. The molecule has 6 heteroatoms. The van der Waals surface area contributed by atoms with Gasteiger partial charge < -0.3 is 4.74 Å². The quantitative estimate of drug-likeness (QED) is 0.595. The summed E-state index contributed by atoms with van der Waals surface area (Å²) in [5.74, 6) is -0.271. The van der Waals surface area contributed by atoms with E-state index < -0.39 is 5.82 Å². The number of para-hydroxylation sites is 1. The standard InChI is InChI=1S/C18H11F2N3O/c19-12-7-5-11(6-8-12)17-16-15(9-10-21-18(16)23-22-17)24-14-4-2-1-3-13(14)20/h1-10H,(H,21,22,23). The van der Waals surface area contributed by atoms with E-state index in [2.05, 4.69) is 15.2 Å². The van der Waals surface area contributed by atoms with Crippen LogP contribution < -0.4 is 4.74 Å². The summed E-state index contributed by atoms with van der Waals surface area (Å²) in [4.78, 5) is 4.18. The molecule has 24 heavy (non-hydrogen) atoms. The van der Waals surface area contributed by atoms with Crippen LogP contribution in [-0.2, 0) is 0 Å². The highest BCUT2D eigenvalue weighted by molar-refractivity contribution is 5.95. The average molecular weight is 323 g/mol. The van der Waals surface area contributed by atoms with Crippen LogP contribution in [0.3, 0.4) is 0 Å². The lowest BCUT2D eigenvalue weighted by Crippen LogP contribution is -1.90. The van der Waals surface area contributed by atoms with Gasteiger partial charge in [-0.05, 0) is 42.5 Å². The molecule has 4 rings (SSSR count). The fourth-order valence-electron chi connectivity index (χ4n) is 2.47. The van der Waals surface area contributed by atoms with E-state index in [1.165, 1.54) is 24.4 Å². The van der Waals surface area contributed by atoms with Crippen LogP contribution in [0.5, 0.6) is 11.5 Å². The van der Waals surface area contributed by atoms with Crippen molar-refractivity contribution in [2.45, 2.75) is 0 Å². The van der Waals surface area contributed by atoms with Crippen LogP contribution in [0.1, 0.15) is 0 Å². The molecule has 0 radical (unpaired) electrons. The van der Waals surface area contributed by atoms with Gasteiger partial charge in [0.05, 0.1) is 11.1 Å². The van der Waals surface area contributed by atoms with Crippen molar-refractivity contribution in [2.24, 2.45) is 0 Å². The fraction of sp³-hybridized carbons (Fsp3) is 0. The molecule has 0 fully saturated rings. The SMILES string of the molecule is Fc1ccc(-c2[nH]nc3nccc(Oc4ccccc4F)c23)cc1. The predicted octanol–water partition coefficient (Wildman–Crippen LogP) is 4.70. The smallest absolute Gasteiger partial charge is 0.185 e. The lowest BCUT2D eigenvalue weighted by Gasteiger charge is -2.08. The van der Waals surface area contributed by atoms with Gasteiger partial charge in [-0.2, -0.15) is 5.10 Å². The molecule has 0 bridgehead atoms. The highest BCUT2D eigenvalue weighted by Gasteiger charge is 2.15. The molecule has 2 aromatic heterocycles. The molecular formula is C18H11F2N3O. The molecule has 2 heterocycles. The first-order valence-electron chi connectivity index (χ1n) is 7.24. The van der Waals surface area contributed by atoms with E-state index in [9.17, 15) is 8.78 Å². The molecule has 0 aliphatic rings. The number of pyridine rings is 1. The van der Waals surface area contributed by atoms with Crippen molar-refractivity contribution in [1.29, 1.82) is 0 Å². The fourth-order valence-corrected chi connectivity index (χ4v) is 2.47. The first kappa shape index (κ1) is 14.3. The molecule has 4 aromatic rings. The van der Waals surface area contributed by atoms with E-state index in [0.717, 1.165) is 5.56 Å². The van der Waals surface area contributed by atoms with Crippen molar-refractivity contribution in [3.05, 3.63) is 72.4 Å². The molecule has 2 aromatic carbocycles. The van der Waals surface area contributed by atoms with Crippen molar-refractivity contribution in [1.82, 2.24) is 15.2 Å². The van der Waals surface area contributed by atoms with Crippen molar-refractivity contribution < 1.29 is 13.5 Å². The minimum Gasteiger partial charge on any atom is -0.453 e. The van der Waals surface area contributed by atoms with Gasteiger partial charge in [0, 0.05) is 11.8 Å². The highest BCUT2D eigenvalue weighted by Crippen LogP contribution is 2.35. The van der Waals surface area contributed by atoms with Gasteiger partial charge in [-0.15, -0.1) is 0 Å². The van der Waals surface area contributed by atoms with Gasteiger partial charge in [-0.3, -0.25) is 5.10 Å². The number of aromatic amines is 1. The summed E-state index contributed by atoms with van der Waals surface area (Å²) in [6.07, 6.45) is 1.54. The number of rotatable bonds is 3. The van der Waals surface area contributed by atoms with E-state index in [1.807, 2.05) is 0 Å². The molecule has 118 valence electrons. The molecule has 0 aliphatic heterocycles. The van der Waals surface area contributed by atoms with Gasteiger partial charge in [-0.1, -0.05) is 12.1 Å². The zero-order valence-corrected chi connectivity index (χ0v) is 12.3. The van der Waals surface area contributed by atoms with Crippen LogP contribution in [-0.4, -0.2) is 15.2 Å². The number of aromatic nitrogens is 3. The number of nitrogens with zero attached hydrogens (tertiary/aromatic N) is 2. The maximum Gasteiger partial charge on any atom is 0.185 e. The lowest BCUT2D eigenvalue weighted by atomic mass is 10.1. The predicted molar refractivity (Wildman–Crippen MR) is 85.8 cm³/mol. The minimum atomic E-state index is -0.464. The Morgan fingerprint density at radius 3 is 2.46 bits per heavy atom. The summed E-state index contributed by atoms with van der Waals surface area (Å²) in [6.45, 7) is 0. The zero-order valence-electron chi connectivity index (χ0n) is 12.3. The molecular weight excluding hydrogens is 312 g/mol. The summed E-state index contributed by atoms with van der Waals surface area (Å²) >= 11 is 0. The summed E-state index contributed by atoms with van der Waals surface area (Å²) in [6, 6.07) is 13.7. The molecule has 0 saturated heterocycles. The summed E-state index contributed by atoms with van der Waals surface area (Å²) < 4.78 is 32.7. The average Bonchev–Trinajstić information content (AvgIpc) is 3.03. The molecule has 0 amide bonds. The molecule has 0 unspecified atom stereocenters. The Morgan fingerprint density at radius 2 is 1.67 bits per heavy atom. The van der Waals surface area contributed by atoms with Crippen LogP contribution in [0.15, 0.2) is 60.8 Å². The largest absolute Gasteiger partial charge is 0.453 e. The summed E-state index contributed by atoms with van der Waals surface area (Å²) in [5.41, 5.74) is 1.79. The maximum atomic E-state index is 13.9. The Balaban J connectivity index is 1.86. The second kappa shape index (κ2) is 5.73. The number of ether oxygens (including phenoxy) is 1. The first-order valence-corrected chi connectivity index (χ1v) is 7.24. The van der Waals surface area contributed by atoms with E-state index in [0.29, 0.717) is 22.5 Å². The Bertz CT molecular complexity index is 1010. The number of fused-ring (bicyclic) bond motifs is 1. The van der Waals surface area contributed by atoms with Gasteiger partial charge >= 0.3 is 0 Å². The second-order valence-corrected chi connectivity index (χ2v) is 5.15. The number of H-pyrrole nitrogens is 1. The van der Waals surface area contributed by atoms with Gasteiger partial charge in [0.15, 0.2) is 17.2 Å². The maximum absolute atomic E-state index is 13.9. The van der Waals surface area contributed by atoms with Crippen molar-refractivity contribution in [3.8, 4) is 22.8 Å². The summed E-state index contributed by atoms with van der Waals surface area (Å²) in [7, 11) is 0. The van der Waals surface area contributed by atoms with Gasteiger partial charge in [0.25, 0.3) is 0 Å². The Hall–Kier alpha value is -3.28. The number of hydrogen-bond acceptors (Lipinski definition) is 3. The third kappa shape index (κ3) is 2.48. The Labute approximate surface area is 135 Å².